The Morgan fingerprint density at radius 3 is 2.17 bits per heavy atom. The Bertz CT molecular complexity index is 769. The van der Waals surface area contributed by atoms with Gasteiger partial charge in [-0.1, -0.05) is 32.0 Å². The molecule has 2 amide bonds. The van der Waals surface area contributed by atoms with Crippen molar-refractivity contribution in [1.29, 1.82) is 0 Å². The molecule has 1 aliphatic heterocycles. The second kappa shape index (κ2) is 10.1. The van der Waals surface area contributed by atoms with Gasteiger partial charge in [-0.05, 0) is 30.2 Å². The van der Waals surface area contributed by atoms with Gasteiger partial charge in [0.05, 0.1) is 12.3 Å². The lowest BCUT2D eigenvalue weighted by Gasteiger charge is -2.39. The Morgan fingerprint density at radius 1 is 0.931 bits per heavy atom. The van der Waals surface area contributed by atoms with Crippen LogP contribution >= 0.6 is 0 Å². The second-order valence-corrected chi connectivity index (χ2v) is 7.70. The van der Waals surface area contributed by atoms with E-state index in [0.717, 1.165) is 31.9 Å². The third-order valence-electron chi connectivity index (χ3n) is 5.08. The van der Waals surface area contributed by atoms with Crippen LogP contribution in [0.2, 0.25) is 0 Å². The van der Waals surface area contributed by atoms with Gasteiger partial charge in [-0.2, -0.15) is 0 Å². The lowest BCUT2D eigenvalue weighted by atomic mass is 10.1. The summed E-state index contributed by atoms with van der Waals surface area (Å²) >= 11 is 0. The van der Waals surface area contributed by atoms with Gasteiger partial charge in [0.25, 0.3) is 0 Å². The first kappa shape index (κ1) is 20.9. The Labute approximate surface area is 172 Å². The number of benzene rings is 1. The third kappa shape index (κ3) is 5.84. The maximum atomic E-state index is 12.2. The van der Waals surface area contributed by atoms with Gasteiger partial charge in [-0.25, -0.2) is 0 Å². The number of anilines is 1. The molecule has 0 radical (unpaired) electrons. The van der Waals surface area contributed by atoms with Crippen LogP contribution in [-0.2, 0) is 9.59 Å². The number of nitrogens with zero attached hydrogens (tertiary/aromatic N) is 2. The topological polar surface area (TPSA) is 77.8 Å². The largest absolute Gasteiger partial charge is 0.468 e. The lowest BCUT2D eigenvalue weighted by molar-refractivity contribution is -0.139. The van der Waals surface area contributed by atoms with E-state index in [1.807, 2.05) is 44.2 Å². The molecular formula is C22H30N4O3. The number of rotatable bonds is 7. The first-order valence-corrected chi connectivity index (χ1v) is 10.2. The molecule has 1 fully saturated rings. The van der Waals surface area contributed by atoms with Gasteiger partial charge in [0.15, 0.2) is 0 Å². The third-order valence-corrected chi connectivity index (χ3v) is 5.08. The molecule has 29 heavy (non-hydrogen) atoms. The van der Waals surface area contributed by atoms with Crippen molar-refractivity contribution in [3.8, 4) is 0 Å². The highest BCUT2D eigenvalue weighted by Crippen LogP contribution is 2.24. The molecule has 2 N–H and O–H groups in total. The molecule has 0 aliphatic carbocycles. The zero-order valence-electron chi connectivity index (χ0n) is 17.1. The molecular weight excluding hydrogens is 368 g/mol. The maximum absolute atomic E-state index is 12.2. The first-order chi connectivity index (χ1) is 14.0. The molecule has 2 aromatic rings. The minimum atomic E-state index is -0.606. The van der Waals surface area contributed by atoms with Crippen molar-refractivity contribution in [3.63, 3.8) is 0 Å². The molecule has 0 unspecified atom stereocenters. The number of hydrogen-bond acceptors (Lipinski definition) is 5. The lowest BCUT2D eigenvalue weighted by Crippen LogP contribution is -2.51. The molecule has 0 saturated carbocycles. The number of furan rings is 1. The van der Waals surface area contributed by atoms with E-state index >= 15 is 0 Å². The predicted octanol–water partition coefficient (Wildman–Crippen LogP) is 2.03. The fourth-order valence-electron chi connectivity index (χ4n) is 3.47. The summed E-state index contributed by atoms with van der Waals surface area (Å²) in [5.41, 5.74) is 1.22. The van der Waals surface area contributed by atoms with Gasteiger partial charge in [0.1, 0.15) is 5.76 Å². The first-order valence-electron chi connectivity index (χ1n) is 10.2. The number of carbonyl (C=O) groups is 2. The fraction of sp³-hybridized carbons (Fsp3) is 0.455. The van der Waals surface area contributed by atoms with E-state index in [2.05, 4.69) is 32.6 Å². The molecule has 0 spiro atoms. The Balaban J connectivity index is 1.57. The summed E-state index contributed by atoms with van der Waals surface area (Å²) < 4.78 is 5.62. The van der Waals surface area contributed by atoms with Crippen LogP contribution in [0, 0.1) is 5.92 Å². The second-order valence-electron chi connectivity index (χ2n) is 7.70. The summed E-state index contributed by atoms with van der Waals surface area (Å²) in [6, 6.07) is 14.0. The van der Waals surface area contributed by atoms with Gasteiger partial charge in [-0.3, -0.25) is 14.5 Å². The van der Waals surface area contributed by atoms with Crippen LogP contribution < -0.4 is 15.5 Å². The van der Waals surface area contributed by atoms with E-state index in [1.165, 1.54) is 5.69 Å². The predicted molar refractivity (Wildman–Crippen MR) is 113 cm³/mol. The Kier molecular flexibility index (Phi) is 7.30. The molecule has 1 atom stereocenters. The number of piperazine rings is 1. The molecule has 1 aromatic carbocycles. The molecule has 1 aliphatic rings. The van der Waals surface area contributed by atoms with Crippen LogP contribution in [0.25, 0.3) is 0 Å². The van der Waals surface area contributed by atoms with Gasteiger partial charge in [0, 0.05) is 45.0 Å². The number of amides is 2. The number of nitrogens with one attached hydrogen (secondary N) is 2. The van der Waals surface area contributed by atoms with Crippen molar-refractivity contribution in [2.45, 2.75) is 19.9 Å². The van der Waals surface area contributed by atoms with Crippen molar-refractivity contribution in [3.05, 3.63) is 54.5 Å². The molecule has 1 saturated heterocycles. The number of hydrogen-bond donors (Lipinski definition) is 2. The summed E-state index contributed by atoms with van der Waals surface area (Å²) in [6.45, 7) is 8.25. The normalized spacial score (nSPS) is 15.9. The summed E-state index contributed by atoms with van der Waals surface area (Å²) in [7, 11) is 0. The van der Waals surface area contributed by atoms with Crippen LogP contribution in [0.1, 0.15) is 25.6 Å². The molecule has 7 heteroatoms. The molecule has 156 valence electrons. The van der Waals surface area contributed by atoms with Crippen LogP contribution in [0.4, 0.5) is 5.69 Å². The average molecular weight is 399 g/mol. The van der Waals surface area contributed by atoms with Gasteiger partial charge < -0.3 is 20.0 Å². The Morgan fingerprint density at radius 2 is 1.59 bits per heavy atom. The van der Waals surface area contributed by atoms with E-state index in [9.17, 15) is 9.59 Å². The molecule has 2 heterocycles. The van der Waals surface area contributed by atoms with Crippen LogP contribution in [-0.4, -0.2) is 56.0 Å². The molecule has 7 nitrogen and oxygen atoms in total. The quantitative estimate of drug-likeness (QED) is 0.698. The smallest absolute Gasteiger partial charge is 0.309 e. The van der Waals surface area contributed by atoms with Crippen LogP contribution in [0.5, 0.6) is 0 Å². The van der Waals surface area contributed by atoms with Crippen LogP contribution in [0.3, 0.4) is 0 Å². The van der Waals surface area contributed by atoms with Crippen LogP contribution in [0.15, 0.2) is 53.1 Å². The summed E-state index contributed by atoms with van der Waals surface area (Å²) in [5, 5.41) is 5.42. The fourth-order valence-corrected chi connectivity index (χ4v) is 3.47. The maximum Gasteiger partial charge on any atom is 0.309 e. The minimum Gasteiger partial charge on any atom is -0.468 e. The highest BCUT2D eigenvalue weighted by atomic mass is 16.3. The summed E-state index contributed by atoms with van der Waals surface area (Å²) in [5.74, 6) is -0.111. The molecule has 3 rings (SSSR count). The zero-order valence-corrected chi connectivity index (χ0v) is 17.1. The van der Waals surface area contributed by atoms with Crippen molar-refractivity contribution < 1.29 is 14.0 Å². The SMILES string of the molecule is CC(C)CNC(=O)C(=O)NC[C@H](c1ccco1)N1CCN(c2ccccc2)CC1. The van der Waals surface area contributed by atoms with Crippen molar-refractivity contribution >= 4 is 17.5 Å². The minimum absolute atomic E-state index is 0.107. The highest BCUT2D eigenvalue weighted by Gasteiger charge is 2.28. The monoisotopic (exact) mass is 398 g/mol. The van der Waals surface area contributed by atoms with Crippen molar-refractivity contribution in [1.82, 2.24) is 15.5 Å². The summed E-state index contributed by atoms with van der Waals surface area (Å²) in [4.78, 5) is 28.8. The van der Waals surface area contributed by atoms with Crippen molar-refractivity contribution in [2.75, 3.05) is 44.2 Å². The highest BCUT2D eigenvalue weighted by molar-refractivity contribution is 6.35. The standard InChI is InChI=1S/C22H30N4O3/c1-17(2)15-23-21(27)22(28)24-16-19(20-9-6-14-29-20)26-12-10-25(11-13-26)18-7-4-3-5-8-18/h3-9,14,17,19H,10-13,15-16H2,1-2H3,(H,23,27)(H,24,28)/t19-/m1/s1. The van der Waals surface area contributed by atoms with E-state index in [0.29, 0.717) is 19.0 Å². The van der Waals surface area contributed by atoms with Gasteiger partial charge >= 0.3 is 11.8 Å². The van der Waals surface area contributed by atoms with Gasteiger partial charge in [0.2, 0.25) is 0 Å². The van der Waals surface area contributed by atoms with E-state index in [1.54, 1.807) is 6.26 Å². The average Bonchev–Trinajstić information content (AvgIpc) is 3.27. The van der Waals surface area contributed by atoms with E-state index in [-0.39, 0.29) is 6.04 Å². The Hall–Kier alpha value is -2.80. The zero-order chi connectivity index (χ0) is 20.6. The number of carbonyl (C=O) groups excluding carboxylic acids is 2. The molecule has 1 aromatic heterocycles. The summed E-state index contributed by atoms with van der Waals surface area (Å²) in [6.07, 6.45) is 1.64. The van der Waals surface area contributed by atoms with Crippen molar-refractivity contribution in [2.24, 2.45) is 5.92 Å². The van der Waals surface area contributed by atoms with E-state index in [4.69, 9.17) is 4.42 Å². The number of para-hydroxylation sites is 1. The van der Waals surface area contributed by atoms with Gasteiger partial charge in [-0.15, -0.1) is 0 Å². The van der Waals surface area contributed by atoms with E-state index < -0.39 is 11.8 Å². The molecule has 0 bridgehead atoms.